The highest BCUT2D eigenvalue weighted by atomic mass is 19.4. The van der Waals surface area contributed by atoms with E-state index in [4.69, 9.17) is 4.74 Å². The third kappa shape index (κ3) is 2.43. The Balaban J connectivity index is 2.44. The zero-order valence-corrected chi connectivity index (χ0v) is 12.0. The van der Waals surface area contributed by atoms with Gasteiger partial charge >= 0.3 is 6.18 Å². The van der Waals surface area contributed by atoms with Crippen molar-refractivity contribution >= 4 is 0 Å². The number of alkyl halides is 3. The molecule has 21 heavy (non-hydrogen) atoms. The summed E-state index contributed by atoms with van der Waals surface area (Å²) in [6.07, 6.45) is -4.29. The Labute approximate surface area is 120 Å². The van der Waals surface area contributed by atoms with Gasteiger partial charge in [-0.25, -0.2) is 8.78 Å². The molecule has 1 saturated heterocycles. The van der Waals surface area contributed by atoms with Gasteiger partial charge in [-0.2, -0.15) is 13.2 Å². The summed E-state index contributed by atoms with van der Waals surface area (Å²) in [6, 6.07) is 2.32. The fourth-order valence-corrected chi connectivity index (χ4v) is 2.94. The summed E-state index contributed by atoms with van der Waals surface area (Å²) in [4.78, 5) is 0. The van der Waals surface area contributed by atoms with E-state index in [0.29, 0.717) is 5.56 Å². The Hall–Kier alpha value is -1.17. The topological polar surface area (TPSA) is 9.23 Å². The van der Waals surface area contributed by atoms with Crippen molar-refractivity contribution in [3.63, 3.8) is 0 Å². The molecule has 0 unspecified atom stereocenters. The van der Waals surface area contributed by atoms with E-state index >= 15 is 0 Å². The molecule has 118 valence electrons. The number of hydrogen-bond donors (Lipinski definition) is 0. The first kappa shape index (κ1) is 16.2. The number of benzene rings is 1. The molecule has 1 nitrogen and oxygen atoms in total. The molecule has 1 aliphatic heterocycles. The van der Waals surface area contributed by atoms with Crippen molar-refractivity contribution in [1.29, 1.82) is 0 Å². The van der Waals surface area contributed by atoms with Gasteiger partial charge in [0.1, 0.15) is 0 Å². The molecule has 1 heterocycles. The molecule has 1 aliphatic rings. The van der Waals surface area contributed by atoms with E-state index < -0.39 is 35.2 Å². The summed E-state index contributed by atoms with van der Waals surface area (Å²) in [7, 11) is 0. The molecule has 0 N–H and O–H groups in total. The molecule has 1 aromatic rings. The third-order valence-corrected chi connectivity index (χ3v) is 4.58. The SMILES string of the molecule is CCc1c([C@H]2CO[C@@](C)(C(F)(F)F)[C@@H]2C)ccc(F)c1F. The van der Waals surface area contributed by atoms with Crippen LogP contribution in [0, 0.1) is 17.6 Å². The van der Waals surface area contributed by atoms with Crippen LogP contribution in [-0.4, -0.2) is 18.4 Å². The van der Waals surface area contributed by atoms with Crippen molar-refractivity contribution in [3.05, 3.63) is 34.9 Å². The van der Waals surface area contributed by atoms with Gasteiger partial charge in [0, 0.05) is 11.8 Å². The van der Waals surface area contributed by atoms with E-state index in [1.807, 2.05) is 0 Å². The van der Waals surface area contributed by atoms with E-state index in [1.165, 1.54) is 13.0 Å². The van der Waals surface area contributed by atoms with E-state index in [1.54, 1.807) is 6.92 Å². The fourth-order valence-electron chi connectivity index (χ4n) is 2.94. The smallest absolute Gasteiger partial charge is 0.365 e. The molecule has 1 fully saturated rings. The molecule has 0 radical (unpaired) electrons. The van der Waals surface area contributed by atoms with Crippen LogP contribution < -0.4 is 0 Å². The standard InChI is InChI=1S/C15H17F5O/c1-4-9-10(5-6-12(16)13(9)17)11-7-21-14(3,8(11)2)15(18,19)20/h5-6,8,11H,4,7H2,1-3H3/t8-,11+,14-/m1/s1. The largest absolute Gasteiger partial charge is 0.417 e. The first-order chi connectivity index (χ1) is 9.63. The van der Waals surface area contributed by atoms with Gasteiger partial charge in [-0.15, -0.1) is 0 Å². The minimum Gasteiger partial charge on any atom is -0.365 e. The predicted octanol–water partition coefficient (Wildman–Crippen LogP) is 4.60. The van der Waals surface area contributed by atoms with Crippen molar-refractivity contribution in [2.75, 3.05) is 6.61 Å². The lowest BCUT2D eigenvalue weighted by atomic mass is 9.78. The van der Waals surface area contributed by atoms with Crippen molar-refractivity contribution in [2.45, 2.75) is 44.9 Å². The molecule has 0 aromatic heterocycles. The summed E-state index contributed by atoms with van der Waals surface area (Å²) in [5.41, 5.74) is -1.74. The van der Waals surface area contributed by atoms with Crippen LogP contribution in [-0.2, 0) is 11.2 Å². The minimum atomic E-state index is -4.51. The van der Waals surface area contributed by atoms with Crippen LogP contribution >= 0.6 is 0 Å². The number of hydrogen-bond acceptors (Lipinski definition) is 1. The predicted molar refractivity (Wildman–Crippen MR) is 68.1 cm³/mol. The van der Waals surface area contributed by atoms with Crippen LogP contribution in [0.15, 0.2) is 12.1 Å². The Kier molecular flexibility index (Phi) is 4.04. The molecule has 1 aromatic carbocycles. The van der Waals surface area contributed by atoms with Gasteiger partial charge in [-0.1, -0.05) is 19.9 Å². The second kappa shape index (κ2) is 5.23. The average Bonchev–Trinajstić information content (AvgIpc) is 2.70. The maximum absolute atomic E-state index is 13.8. The summed E-state index contributed by atoms with van der Waals surface area (Å²) in [6.45, 7) is 3.93. The Morgan fingerprint density at radius 3 is 2.38 bits per heavy atom. The van der Waals surface area contributed by atoms with Crippen LogP contribution in [0.1, 0.15) is 37.8 Å². The zero-order valence-electron chi connectivity index (χ0n) is 12.0. The van der Waals surface area contributed by atoms with Gasteiger partial charge in [0.15, 0.2) is 17.2 Å². The maximum Gasteiger partial charge on any atom is 0.417 e. The molecule has 0 bridgehead atoms. The maximum atomic E-state index is 13.8. The van der Waals surface area contributed by atoms with Crippen molar-refractivity contribution in [1.82, 2.24) is 0 Å². The highest BCUT2D eigenvalue weighted by molar-refractivity contribution is 5.34. The van der Waals surface area contributed by atoms with Gasteiger partial charge in [-0.3, -0.25) is 0 Å². The third-order valence-electron chi connectivity index (χ3n) is 4.58. The number of halogens is 5. The second-order valence-electron chi connectivity index (χ2n) is 5.59. The lowest BCUT2D eigenvalue weighted by molar-refractivity contribution is -0.266. The van der Waals surface area contributed by atoms with Crippen molar-refractivity contribution in [2.24, 2.45) is 5.92 Å². The second-order valence-corrected chi connectivity index (χ2v) is 5.59. The van der Waals surface area contributed by atoms with Gasteiger partial charge in [-0.05, 0) is 30.5 Å². The first-order valence-corrected chi connectivity index (χ1v) is 6.81. The van der Waals surface area contributed by atoms with Crippen LogP contribution in [0.2, 0.25) is 0 Å². The van der Waals surface area contributed by atoms with E-state index in [9.17, 15) is 22.0 Å². The molecule has 2 rings (SSSR count). The molecule has 0 saturated carbocycles. The lowest BCUT2D eigenvalue weighted by Gasteiger charge is -2.32. The molecule has 6 heteroatoms. The van der Waals surface area contributed by atoms with Gasteiger partial charge in [0.05, 0.1) is 6.61 Å². The Bertz CT molecular complexity index is 540. The molecule has 0 spiro atoms. The summed E-state index contributed by atoms with van der Waals surface area (Å²) in [5.74, 6) is -3.46. The number of rotatable bonds is 2. The number of ether oxygens (including phenoxy) is 1. The quantitative estimate of drug-likeness (QED) is 0.726. The van der Waals surface area contributed by atoms with Crippen molar-refractivity contribution in [3.8, 4) is 0 Å². The lowest BCUT2D eigenvalue weighted by Crippen LogP contribution is -2.46. The van der Waals surface area contributed by atoms with Crippen LogP contribution in [0.4, 0.5) is 22.0 Å². The Morgan fingerprint density at radius 1 is 1.29 bits per heavy atom. The van der Waals surface area contributed by atoms with Gasteiger partial charge in [0.2, 0.25) is 0 Å². The zero-order chi connectivity index (χ0) is 16.0. The summed E-state index contributed by atoms with van der Waals surface area (Å²) in [5, 5.41) is 0. The fraction of sp³-hybridized carbons (Fsp3) is 0.600. The summed E-state index contributed by atoms with van der Waals surface area (Å²) < 4.78 is 71.6. The first-order valence-electron chi connectivity index (χ1n) is 6.81. The van der Waals surface area contributed by atoms with Crippen LogP contribution in [0.3, 0.4) is 0 Å². The van der Waals surface area contributed by atoms with Gasteiger partial charge < -0.3 is 4.74 Å². The minimum absolute atomic E-state index is 0.127. The highest BCUT2D eigenvalue weighted by Crippen LogP contribution is 2.50. The molecular formula is C15H17F5O. The molecule has 3 atom stereocenters. The van der Waals surface area contributed by atoms with E-state index in [2.05, 4.69) is 0 Å². The normalized spacial score (nSPS) is 29.9. The van der Waals surface area contributed by atoms with E-state index in [-0.39, 0.29) is 18.6 Å². The molecular weight excluding hydrogens is 291 g/mol. The van der Waals surface area contributed by atoms with Gasteiger partial charge in [0.25, 0.3) is 0 Å². The van der Waals surface area contributed by atoms with E-state index in [0.717, 1.165) is 13.0 Å². The van der Waals surface area contributed by atoms with Crippen molar-refractivity contribution < 1.29 is 26.7 Å². The van der Waals surface area contributed by atoms with Crippen LogP contribution in [0.25, 0.3) is 0 Å². The Morgan fingerprint density at radius 2 is 1.90 bits per heavy atom. The molecule has 0 aliphatic carbocycles. The highest BCUT2D eigenvalue weighted by Gasteiger charge is 2.61. The van der Waals surface area contributed by atoms with Crippen LogP contribution in [0.5, 0.6) is 0 Å². The summed E-state index contributed by atoms with van der Waals surface area (Å²) >= 11 is 0. The molecule has 0 amide bonds. The monoisotopic (exact) mass is 308 g/mol. The average molecular weight is 308 g/mol.